The molecule has 1 aromatic carbocycles. The molecule has 0 unspecified atom stereocenters. The van der Waals surface area contributed by atoms with Crippen molar-refractivity contribution in [3.63, 3.8) is 0 Å². The van der Waals surface area contributed by atoms with E-state index in [1.165, 1.54) is 10.5 Å². The van der Waals surface area contributed by atoms with E-state index in [1.54, 1.807) is 11.8 Å². The van der Waals surface area contributed by atoms with Gasteiger partial charge in [-0.1, -0.05) is 30.3 Å². The van der Waals surface area contributed by atoms with E-state index in [-0.39, 0.29) is 11.3 Å². The Kier molecular flexibility index (Phi) is 4.66. The second-order valence-electron chi connectivity index (χ2n) is 4.97. The first-order chi connectivity index (χ1) is 8.68. The second-order valence-corrected chi connectivity index (χ2v) is 6.04. The molecule has 1 heterocycles. The highest BCUT2D eigenvalue weighted by atomic mass is 32.2. The van der Waals surface area contributed by atoms with Crippen LogP contribution in [0.15, 0.2) is 30.3 Å². The summed E-state index contributed by atoms with van der Waals surface area (Å²) in [5, 5.41) is 0.218. The highest BCUT2D eigenvalue weighted by molar-refractivity contribution is 8.00. The molecule has 1 aliphatic heterocycles. The maximum atomic E-state index is 11.9. The summed E-state index contributed by atoms with van der Waals surface area (Å²) in [6.45, 7) is 1.98. The minimum absolute atomic E-state index is 0.218. The van der Waals surface area contributed by atoms with Crippen LogP contribution < -0.4 is 4.90 Å². The first kappa shape index (κ1) is 13.4. The van der Waals surface area contributed by atoms with Gasteiger partial charge in [-0.2, -0.15) is 0 Å². The molecule has 1 amide bonds. The largest absolute Gasteiger partial charge is 0.340 e. The molecule has 0 aliphatic carbocycles. The molecule has 4 heteroatoms. The lowest BCUT2D eigenvalue weighted by Gasteiger charge is -2.24. The lowest BCUT2D eigenvalue weighted by Crippen LogP contribution is -3.05. The molecule has 1 fully saturated rings. The molecular weight excluding hydrogens is 244 g/mol. The van der Waals surface area contributed by atoms with Gasteiger partial charge in [-0.15, -0.1) is 11.8 Å². The molecule has 0 saturated carbocycles. The van der Waals surface area contributed by atoms with Gasteiger partial charge in [0, 0.05) is 13.0 Å². The van der Waals surface area contributed by atoms with Crippen molar-refractivity contribution in [3.8, 4) is 0 Å². The average molecular weight is 265 g/mol. The zero-order valence-electron chi connectivity index (χ0n) is 11.1. The van der Waals surface area contributed by atoms with Crippen molar-refractivity contribution < 1.29 is 9.69 Å². The van der Waals surface area contributed by atoms with Gasteiger partial charge >= 0.3 is 0 Å². The number of nitrogens with one attached hydrogen (secondary N) is 1. The SMILES string of the molecule is C[NH+](C)CCCN1C(=O)CS[C@H]1c1ccccc1. The highest BCUT2D eigenvalue weighted by Crippen LogP contribution is 2.38. The topological polar surface area (TPSA) is 24.8 Å². The zero-order chi connectivity index (χ0) is 13.0. The molecule has 2 rings (SSSR count). The van der Waals surface area contributed by atoms with Crippen LogP contribution in [-0.2, 0) is 4.79 Å². The third-order valence-electron chi connectivity index (χ3n) is 3.13. The molecule has 0 spiro atoms. The van der Waals surface area contributed by atoms with Gasteiger partial charge in [-0.3, -0.25) is 4.79 Å². The van der Waals surface area contributed by atoms with Gasteiger partial charge in [0.15, 0.2) is 0 Å². The van der Waals surface area contributed by atoms with E-state index in [0.717, 1.165) is 19.5 Å². The first-order valence-electron chi connectivity index (χ1n) is 6.43. The molecule has 1 N–H and O–H groups in total. The van der Waals surface area contributed by atoms with E-state index in [2.05, 4.69) is 26.2 Å². The summed E-state index contributed by atoms with van der Waals surface area (Å²) in [4.78, 5) is 15.4. The predicted molar refractivity (Wildman–Crippen MR) is 75.6 cm³/mol. The Morgan fingerprint density at radius 3 is 2.72 bits per heavy atom. The lowest BCUT2D eigenvalue weighted by atomic mass is 10.2. The van der Waals surface area contributed by atoms with Gasteiger partial charge in [0.1, 0.15) is 5.37 Å². The molecule has 0 radical (unpaired) electrons. The number of hydrogen-bond donors (Lipinski definition) is 1. The number of quaternary nitrogens is 1. The van der Waals surface area contributed by atoms with E-state index < -0.39 is 0 Å². The number of carbonyl (C=O) groups excluding carboxylic acids is 1. The van der Waals surface area contributed by atoms with Crippen molar-refractivity contribution in [2.45, 2.75) is 11.8 Å². The van der Waals surface area contributed by atoms with E-state index in [4.69, 9.17) is 0 Å². The van der Waals surface area contributed by atoms with E-state index >= 15 is 0 Å². The minimum Gasteiger partial charge on any atom is -0.340 e. The van der Waals surface area contributed by atoms with Crippen LogP contribution in [0.5, 0.6) is 0 Å². The highest BCUT2D eigenvalue weighted by Gasteiger charge is 2.32. The molecule has 1 aliphatic rings. The summed E-state index contributed by atoms with van der Waals surface area (Å²) in [6, 6.07) is 10.3. The fraction of sp³-hybridized carbons (Fsp3) is 0.500. The van der Waals surface area contributed by atoms with Gasteiger partial charge in [-0.05, 0) is 5.56 Å². The molecule has 1 saturated heterocycles. The number of hydrogen-bond acceptors (Lipinski definition) is 2. The number of rotatable bonds is 5. The molecule has 98 valence electrons. The average Bonchev–Trinajstić information content (AvgIpc) is 2.72. The number of nitrogens with zero attached hydrogens (tertiary/aromatic N) is 1. The van der Waals surface area contributed by atoms with Crippen molar-refractivity contribution in [1.29, 1.82) is 0 Å². The van der Waals surface area contributed by atoms with Crippen molar-refractivity contribution in [3.05, 3.63) is 35.9 Å². The third-order valence-corrected chi connectivity index (χ3v) is 4.38. The maximum Gasteiger partial charge on any atom is 0.233 e. The fourth-order valence-corrected chi connectivity index (χ4v) is 3.41. The minimum atomic E-state index is 0.218. The van der Waals surface area contributed by atoms with Crippen LogP contribution in [0, 0.1) is 0 Å². The van der Waals surface area contributed by atoms with E-state index in [0.29, 0.717) is 5.75 Å². The summed E-state index contributed by atoms with van der Waals surface area (Å²) in [7, 11) is 4.30. The smallest absolute Gasteiger partial charge is 0.233 e. The van der Waals surface area contributed by atoms with Gasteiger partial charge in [0.2, 0.25) is 5.91 Å². The monoisotopic (exact) mass is 265 g/mol. The molecular formula is C14H21N2OS+. The number of benzene rings is 1. The van der Waals surface area contributed by atoms with Crippen molar-refractivity contribution in [2.75, 3.05) is 32.9 Å². The molecule has 0 aromatic heterocycles. The summed E-state index contributed by atoms with van der Waals surface area (Å²) < 4.78 is 0. The van der Waals surface area contributed by atoms with Crippen LogP contribution in [0.1, 0.15) is 17.4 Å². The van der Waals surface area contributed by atoms with Crippen molar-refractivity contribution in [1.82, 2.24) is 4.90 Å². The van der Waals surface area contributed by atoms with Gasteiger partial charge < -0.3 is 9.80 Å². The Labute approximate surface area is 113 Å². The maximum absolute atomic E-state index is 11.9. The van der Waals surface area contributed by atoms with Crippen LogP contribution in [0.2, 0.25) is 0 Å². The van der Waals surface area contributed by atoms with E-state index in [9.17, 15) is 4.79 Å². The van der Waals surface area contributed by atoms with Crippen LogP contribution in [-0.4, -0.2) is 43.7 Å². The van der Waals surface area contributed by atoms with Crippen LogP contribution >= 0.6 is 11.8 Å². The predicted octanol–water partition coefficient (Wildman–Crippen LogP) is 0.795. The zero-order valence-corrected chi connectivity index (χ0v) is 11.9. The quantitative estimate of drug-likeness (QED) is 0.851. The molecule has 1 atom stereocenters. The molecule has 1 aromatic rings. The van der Waals surface area contributed by atoms with Crippen LogP contribution in [0.25, 0.3) is 0 Å². The Morgan fingerprint density at radius 1 is 1.33 bits per heavy atom. The summed E-state index contributed by atoms with van der Waals surface area (Å²) in [5.74, 6) is 0.900. The van der Waals surface area contributed by atoms with Gasteiger partial charge in [-0.25, -0.2) is 0 Å². The van der Waals surface area contributed by atoms with Crippen LogP contribution in [0.4, 0.5) is 0 Å². The third kappa shape index (κ3) is 3.27. The van der Waals surface area contributed by atoms with Crippen LogP contribution in [0.3, 0.4) is 0 Å². The number of amides is 1. The lowest BCUT2D eigenvalue weighted by molar-refractivity contribution is -0.858. The standard InChI is InChI=1S/C14H20N2OS/c1-15(2)9-6-10-16-13(17)11-18-14(16)12-7-4-3-5-8-12/h3-5,7-8,14H,6,9-11H2,1-2H3/p+1/t14-/m0/s1. The second kappa shape index (κ2) is 6.25. The number of thioether (sulfide) groups is 1. The number of carbonyl (C=O) groups is 1. The molecule has 18 heavy (non-hydrogen) atoms. The first-order valence-corrected chi connectivity index (χ1v) is 7.48. The fourth-order valence-electron chi connectivity index (χ4n) is 2.19. The Hall–Kier alpha value is -1.00. The Morgan fingerprint density at radius 2 is 2.06 bits per heavy atom. The normalized spacial score (nSPS) is 19.8. The summed E-state index contributed by atoms with van der Waals surface area (Å²) in [6.07, 6.45) is 1.07. The molecule has 0 bridgehead atoms. The Bertz CT molecular complexity index is 394. The summed E-state index contributed by atoms with van der Waals surface area (Å²) in [5.41, 5.74) is 1.24. The summed E-state index contributed by atoms with van der Waals surface area (Å²) >= 11 is 1.74. The van der Waals surface area contributed by atoms with Gasteiger partial charge in [0.25, 0.3) is 0 Å². The Balaban J connectivity index is 1.99. The van der Waals surface area contributed by atoms with E-state index in [1.807, 2.05) is 23.1 Å². The van der Waals surface area contributed by atoms with Gasteiger partial charge in [0.05, 0.1) is 26.4 Å². The van der Waals surface area contributed by atoms with Crippen molar-refractivity contribution in [2.24, 2.45) is 0 Å². The van der Waals surface area contributed by atoms with Crippen molar-refractivity contribution >= 4 is 17.7 Å². The molecule has 3 nitrogen and oxygen atoms in total.